The lowest BCUT2D eigenvalue weighted by molar-refractivity contribution is -0.644. The molecule has 0 amide bonds. The van der Waals surface area contributed by atoms with Crippen LogP contribution in [0.15, 0.2) is 47.7 Å². The number of benzene rings is 2. The number of hydrogen-bond donors (Lipinski definition) is 1. The van der Waals surface area contributed by atoms with E-state index in [1.165, 1.54) is 28.6 Å². The van der Waals surface area contributed by atoms with E-state index < -0.39 is 0 Å². The predicted octanol–water partition coefficient (Wildman–Crippen LogP) is 3.93. The summed E-state index contributed by atoms with van der Waals surface area (Å²) in [5.74, 6) is 0.392. The molecule has 154 valence electrons. The number of anilines is 2. The lowest BCUT2D eigenvalue weighted by atomic mass is 9.90. The molecule has 0 radical (unpaired) electrons. The van der Waals surface area contributed by atoms with Crippen LogP contribution in [-0.4, -0.2) is 31.0 Å². The summed E-state index contributed by atoms with van der Waals surface area (Å²) in [6.07, 6.45) is 6.36. The average molecular weight is 402 g/mol. The van der Waals surface area contributed by atoms with Gasteiger partial charge in [-0.3, -0.25) is 5.01 Å². The number of aromatic nitrogens is 1. The van der Waals surface area contributed by atoms with E-state index in [0.29, 0.717) is 5.75 Å². The molecule has 0 fully saturated rings. The molecule has 0 unspecified atom stereocenters. The highest BCUT2D eigenvalue weighted by Gasteiger charge is 2.28. The molecule has 5 nitrogen and oxygen atoms in total. The van der Waals surface area contributed by atoms with Crippen molar-refractivity contribution in [2.75, 3.05) is 30.0 Å². The van der Waals surface area contributed by atoms with Crippen LogP contribution in [0.25, 0.3) is 10.9 Å². The SMILES string of the molecule is CC(=NN(C)c1cc2c3c(c1O)CCCN3CCC2)c1cc[n+](C)c2ccccc12. The molecule has 3 heterocycles. The van der Waals surface area contributed by atoms with E-state index >= 15 is 0 Å². The van der Waals surface area contributed by atoms with Crippen LogP contribution in [0.4, 0.5) is 11.4 Å². The van der Waals surface area contributed by atoms with E-state index in [1.807, 2.05) is 19.0 Å². The van der Waals surface area contributed by atoms with E-state index in [0.717, 1.165) is 54.9 Å². The standard InChI is InChI=1S/C25H28N4O/c1-17(19-12-15-27(2)22-11-5-4-9-20(19)22)26-28(3)23-16-18-8-6-13-29-14-7-10-21(24(18)29)25(23)30/h4-5,9,11-12,15-16H,6-8,10,13-14H2,1-3H3/p+1. The second-order valence-electron chi connectivity index (χ2n) is 8.49. The van der Waals surface area contributed by atoms with Gasteiger partial charge in [-0.25, -0.2) is 4.57 Å². The Morgan fingerprint density at radius 2 is 1.90 bits per heavy atom. The number of para-hydroxylation sites is 1. The maximum atomic E-state index is 11.1. The van der Waals surface area contributed by atoms with Crippen molar-refractivity contribution < 1.29 is 9.67 Å². The van der Waals surface area contributed by atoms with Gasteiger partial charge in [0, 0.05) is 49.1 Å². The number of phenolic OH excluding ortho intramolecular Hbond substituents is 1. The molecule has 0 saturated carbocycles. The Hall–Kier alpha value is -3.08. The van der Waals surface area contributed by atoms with Gasteiger partial charge in [-0.15, -0.1) is 0 Å². The normalized spacial score (nSPS) is 16.0. The first-order valence-electron chi connectivity index (χ1n) is 10.8. The first-order valence-corrected chi connectivity index (χ1v) is 10.8. The van der Waals surface area contributed by atoms with Crippen molar-refractivity contribution in [2.45, 2.75) is 32.6 Å². The highest BCUT2D eigenvalue weighted by molar-refractivity contribution is 6.08. The Bertz CT molecular complexity index is 1170. The number of phenols is 1. The summed E-state index contributed by atoms with van der Waals surface area (Å²) in [7, 11) is 4.00. The quantitative estimate of drug-likeness (QED) is 0.411. The van der Waals surface area contributed by atoms with E-state index in [9.17, 15) is 5.11 Å². The van der Waals surface area contributed by atoms with Crippen molar-refractivity contribution in [2.24, 2.45) is 12.1 Å². The van der Waals surface area contributed by atoms with Gasteiger partial charge in [0.25, 0.3) is 0 Å². The summed E-state index contributed by atoms with van der Waals surface area (Å²) in [6.45, 7) is 4.24. The maximum Gasteiger partial charge on any atom is 0.212 e. The van der Waals surface area contributed by atoms with Gasteiger partial charge in [-0.1, -0.05) is 12.1 Å². The van der Waals surface area contributed by atoms with Crippen LogP contribution in [0, 0.1) is 0 Å². The summed E-state index contributed by atoms with van der Waals surface area (Å²) in [6, 6.07) is 12.6. The van der Waals surface area contributed by atoms with E-state index in [1.54, 1.807) is 0 Å². The van der Waals surface area contributed by atoms with Crippen molar-refractivity contribution >= 4 is 28.0 Å². The van der Waals surface area contributed by atoms with E-state index in [4.69, 9.17) is 5.10 Å². The lowest BCUT2D eigenvalue weighted by Crippen LogP contribution is -2.34. The zero-order valence-electron chi connectivity index (χ0n) is 18.0. The molecular weight excluding hydrogens is 372 g/mol. The number of pyridine rings is 1. The number of aryl methyl sites for hydroxylation is 2. The minimum atomic E-state index is 0.392. The van der Waals surface area contributed by atoms with Gasteiger partial charge in [0.2, 0.25) is 5.52 Å². The van der Waals surface area contributed by atoms with Crippen molar-refractivity contribution in [3.63, 3.8) is 0 Å². The topological polar surface area (TPSA) is 43.0 Å². The Morgan fingerprint density at radius 3 is 2.73 bits per heavy atom. The van der Waals surface area contributed by atoms with Crippen LogP contribution < -0.4 is 14.5 Å². The highest BCUT2D eigenvalue weighted by atomic mass is 16.3. The summed E-state index contributed by atoms with van der Waals surface area (Å²) < 4.78 is 2.13. The Kier molecular flexibility index (Phi) is 4.61. The van der Waals surface area contributed by atoms with Gasteiger partial charge >= 0.3 is 0 Å². The fraction of sp³-hybridized carbons (Fsp3) is 0.360. The monoisotopic (exact) mass is 401 g/mol. The van der Waals surface area contributed by atoms with Gasteiger partial charge in [-0.2, -0.15) is 5.10 Å². The molecule has 0 bridgehead atoms. The molecule has 0 atom stereocenters. The Balaban J connectivity index is 1.57. The second kappa shape index (κ2) is 7.31. The lowest BCUT2D eigenvalue weighted by Gasteiger charge is -2.38. The van der Waals surface area contributed by atoms with Crippen LogP contribution >= 0.6 is 0 Å². The number of fused-ring (bicyclic) bond motifs is 1. The summed E-state index contributed by atoms with van der Waals surface area (Å²) >= 11 is 0. The van der Waals surface area contributed by atoms with Crippen molar-refractivity contribution in [1.82, 2.24) is 0 Å². The van der Waals surface area contributed by atoms with E-state index in [2.05, 4.69) is 59.1 Å². The summed E-state index contributed by atoms with van der Waals surface area (Å²) in [4.78, 5) is 2.45. The number of rotatable bonds is 3. The van der Waals surface area contributed by atoms with Crippen LogP contribution in [0.2, 0.25) is 0 Å². The minimum Gasteiger partial charge on any atom is -0.505 e. The third kappa shape index (κ3) is 3.00. The first kappa shape index (κ1) is 18.9. The first-order chi connectivity index (χ1) is 14.5. The largest absolute Gasteiger partial charge is 0.505 e. The van der Waals surface area contributed by atoms with Gasteiger partial charge in [-0.05, 0) is 50.3 Å². The minimum absolute atomic E-state index is 0.392. The number of nitrogens with zero attached hydrogens (tertiary/aromatic N) is 4. The third-order valence-electron chi connectivity index (χ3n) is 6.55. The summed E-state index contributed by atoms with van der Waals surface area (Å²) in [5, 5.41) is 19.0. The highest BCUT2D eigenvalue weighted by Crippen LogP contribution is 2.45. The molecule has 0 spiro atoms. The third-order valence-corrected chi connectivity index (χ3v) is 6.55. The fourth-order valence-electron chi connectivity index (χ4n) is 5.09. The molecule has 5 rings (SSSR count). The zero-order valence-corrected chi connectivity index (χ0v) is 18.0. The van der Waals surface area contributed by atoms with Crippen LogP contribution in [0.5, 0.6) is 5.75 Å². The Morgan fingerprint density at radius 1 is 1.13 bits per heavy atom. The molecule has 1 aromatic heterocycles. The number of hydrogen-bond acceptors (Lipinski definition) is 4. The van der Waals surface area contributed by atoms with Crippen molar-refractivity contribution in [3.05, 3.63) is 59.3 Å². The Labute approximate surface area is 177 Å². The van der Waals surface area contributed by atoms with Crippen molar-refractivity contribution in [1.29, 1.82) is 0 Å². The maximum absolute atomic E-state index is 11.1. The molecule has 2 aliphatic rings. The number of hydrazone groups is 1. The number of aromatic hydroxyl groups is 1. The van der Waals surface area contributed by atoms with Crippen LogP contribution in [-0.2, 0) is 19.9 Å². The fourth-order valence-corrected chi connectivity index (χ4v) is 5.09. The van der Waals surface area contributed by atoms with Crippen LogP contribution in [0.3, 0.4) is 0 Å². The molecule has 1 N–H and O–H groups in total. The molecule has 0 saturated heterocycles. The smallest absolute Gasteiger partial charge is 0.212 e. The van der Waals surface area contributed by atoms with Crippen LogP contribution in [0.1, 0.15) is 36.5 Å². The summed E-state index contributed by atoms with van der Waals surface area (Å²) in [5.41, 5.74) is 7.75. The molecule has 0 aliphatic carbocycles. The molecule has 2 aliphatic heterocycles. The molecule has 5 heteroatoms. The zero-order chi connectivity index (χ0) is 20.8. The van der Waals surface area contributed by atoms with Gasteiger partial charge in [0.05, 0.1) is 11.1 Å². The van der Waals surface area contributed by atoms with Crippen molar-refractivity contribution in [3.8, 4) is 5.75 Å². The second-order valence-corrected chi connectivity index (χ2v) is 8.49. The molecule has 30 heavy (non-hydrogen) atoms. The van der Waals surface area contributed by atoms with Gasteiger partial charge in [0.15, 0.2) is 6.20 Å². The van der Waals surface area contributed by atoms with Gasteiger partial charge in [0.1, 0.15) is 18.5 Å². The van der Waals surface area contributed by atoms with E-state index in [-0.39, 0.29) is 0 Å². The predicted molar refractivity (Wildman–Crippen MR) is 123 cm³/mol. The molecule has 3 aromatic rings. The molecular formula is C25H29N4O+. The van der Waals surface area contributed by atoms with Gasteiger partial charge < -0.3 is 10.0 Å². The average Bonchev–Trinajstić information content (AvgIpc) is 2.76. The molecule has 2 aromatic carbocycles.